The number of thiophene rings is 1. The summed E-state index contributed by atoms with van der Waals surface area (Å²) in [5.74, 6) is 0.453. The maximum atomic E-state index is 11.4. The van der Waals surface area contributed by atoms with E-state index in [1.54, 1.807) is 0 Å². The fourth-order valence-corrected chi connectivity index (χ4v) is 3.80. The SMILES string of the molecule is O=S(=O)(CCCCl)NCc1ccc(Br)s1. The second-order valence-corrected chi connectivity index (χ2v) is 7.74. The van der Waals surface area contributed by atoms with Gasteiger partial charge < -0.3 is 0 Å². The number of rotatable bonds is 6. The van der Waals surface area contributed by atoms with Gasteiger partial charge in [0, 0.05) is 17.3 Å². The molecule has 0 saturated carbocycles. The van der Waals surface area contributed by atoms with Crippen molar-refractivity contribution in [3.05, 3.63) is 20.8 Å². The van der Waals surface area contributed by atoms with Gasteiger partial charge in [0.05, 0.1) is 9.54 Å². The van der Waals surface area contributed by atoms with Crippen molar-refractivity contribution >= 4 is 48.9 Å². The number of hydrogen-bond acceptors (Lipinski definition) is 3. The predicted octanol–water partition coefficient (Wildman–Crippen LogP) is 2.56. The lowest BCUT2D eigenvalue weighted by Gasteiger charge is -2.03. The first-order chi connectivity index (χ1) is 7.03. The quantitative estimate of drug-likeness (QED) is 0.814. The topological polar surface area (TPSA) is 46.2 Å². The van der Waals surface area contributed by atoms with Crippen LogP contribution in [0.25, 0.3) is 0 Å². The summed E-state index contributed by atoms with van der Waals surface area (Å²) in [6.45, 7) is 0.348. The van der Waals surface area contributed by atoms with E-state index in [0.717, 1.165) is 8.66 Å². The molecule has 0 aliphatic heterocycles. The molecular formula is C8H11BrClNO2S2. The average molecular weight is 333 g/mol. The summed E-state index contributed by atoms with van der Waals surface area (Å²) in [5, 5.41) is 0. The second-order valence-electron chi connectivity index (χ2n) is 2.89. The molecule has 0 fully saturated rings. The fraction of sp³-hybridized carbons (Fsp3) is 0.500. The minimum Gasteiger partial charge on any atom is -0.212 e. The third kappa shape index (κ3) is 5.31. The Morgan fingerprint density at radius 1 is 1.47 bits per heavy atom. The summed E-state index contributed by atoms with van der Waals surface area (Å²) in [4.78, 5) is 0.983. The molecule has 0 unspecified atom stereocenters. The van der Waals surface area contributed by atoms with Crippen LogP contribution in [-0.2, 0) is 16.6 Å². The average Bonchev–Trinajstić information content (AvgIpc) is 2.59. The summed E-state index contributed by atoms with van der Waals surface area (Å²) < 4.78 is 26.3. The van der Waals surface area contributed by atoms with Crippen molar-refractivity contribution in [2.24, 2.45) is 0 Å². The molecule has 0 radical (unpaired) electrons. The molecule has 3 nitrogen and oxygen atoms in total. The Hall–Kier alpha value is 0.380. The van der Waals surface area contributed by atoms with Crippen LogP contribution in [0.1, 0.15) is 11.3 Å². The Morgan fingerprint density at radius 3 is 2.73 bits per heavy atom. The van der Waals surface area contributed by atoms with Crippen LogP contribution in [0, 0.1) is 0 Å². The Balaban J connectivity index is 2.42. The Morgan fingerprint density at radius 2 is 2.20 bits per heavy atom. The van der Waals surface area contributed by atoms with Gasteiger partial charge in [-0.2, -0.15) is 0 Å². The van der Waals surface area contributed by atoms with Gasteiger partial charge in [-0.3, -0.25) is 0 Å². The van der Waals surface area contributed by atoms with Gasteiger partial charge in [-0.1, -0.05) is 0 Å². The van der Waals surface area contributed by atoms with Crippen LogP contribution in [0.5, 0.6) is 0 Å². The number of sulfonamides is 1. The maximum absolute atomic E-state index is 11.4. The van der Waals surface area contributed by atoms with Crippen molar-refractivity contribution in [3.63, 3.8) is 0 Å². The molecule has 1 aromatic heterocycles. The molecule has 1 N–H and O–H groups in total. The largest absolute Gasteiger partial charge is 0.212 e. The van der Waals surface area contributed by atoms with Crippen molar-refractivity contribution in [2.75, 3.05) is 11.6 Å². The van der Waals surface area contributed by atoms with Crippen LogP contribution in [0.2, 0.25) is 0 Å². The van der Waals surface area contributed by atoms with Crippen molar-refractivity contribution in [1.29, 1.82) is 0 Å². The number of alkyl halides is 1. The van der Waals surface area contributed by atoms with Crippen LogP contribution in [0.4, 0.5) is 0 Å². The lowest BCUT2D eigenvalue weighted by atomic mass is 10.5. The van der Waals surface area contributed by atoms with Crippen LogP contribution < -0.4 is 4.72 Å². The Labute approximate surface area is 107 Å². The van der Waals surface area contributed by atoms with E-state index in [0.29, 0.717) is 18.8 Å². The normalized spacial score (nSPS) is 11.9. The molecule has 0 aliphatic rings. The van der Waals surface area contributed by atoms with E-state index in [-0.39, 0.29) is 5.75 Å². The van der Waals surface area contributed by atoms with Crippen LogP contribution >= 0.6 is 38.9 Å². The molecule has 0 aliphatic carbocycles. The van der Waals surface area contributed by atoms with Crippen LogP contribution in [0.15, 0.2) is 15.9 Å². The Kier molecular flexibility index (Phi) is 5.56. The standard InChI is InChI=1S/C8H11BrClNO2S2/c9-8-3-2-7(14-8)6-11-15(12,13)5-1-4-10/h2-3,11H,1,4-6H2. The molecule has 1 aromatic rings. The molecule has 0 aromatic carbocycles. The highest BCUT2D eigenvalue weighted by atomic mass is 79.9. The zero-order valence-corrected chi connectivity index (χ0v) is 11.8. The highest BCUT2D eigenvalue weighted by Gasteiger charge is 2.09. The van der Waals surface area contributed by atoms with Crippen molar-refractivity contribution in [3.8, 4) is 0 Å². The first kappa shape index (κ1) is 13.4. The summed E-state index contributed by atoms with van der Waals surface area (Å²) in [6.07, 6.45) is 0.477. The zero-order chi connectivity index (χ0) is 11.3. The summed E-state index contributed by atoms with van der Waals surface area (Å²) >= 11 is 10.3. The molecule has 0 bridgehead atoms. The predicted molar refractivity (Wildman–Crippen MR) is 68.0 cm³/mol. The number of halogens is 2. The highest BCUT2D eigenvalue weighted by Crippen LogP contribution is 2.21. The lowest BCUT2D eigenvalue weighted by Crippen LogP contribution is -2.25. The van der Waals surface area contributed by atoms with Gasteiger partial charge in [-0.15, -0.1) is 22.9 Å². The number of hydrogen-bond donors (Lipinski definition) is 1. The summed E-state index contributed by atoms with van der Waals surface area (Å²) in [7, 11) is -3.18. The van der Waals surface area contributed by atoms with Gasteiger partial charge in [0.1, 0.15) is 0 Å². The molecule has 0 saturated heterocycles. The van der Waals surface area contributed by atoms with E-state index in [1.807, 2.05) is 12.1 Å². The smallest absolute Gasteiger partial charge is 0.211 e. The van der Waals surface area contributed by atoms with Gasteiger partial charge in [0.15, 0.2) is 0 Å². The molecule has 0 amide bonds. The lowest BCUT2D eigenvalue weighted by molar-refractivity contribution is 0.580. The molecule has 0 spiro atoms. The Bertz CT molecular complexity index is 405. The van der Waals surface area contributed by atoms with E-state index in [1.165, 1.54) is 11.3 Å². The fourth-order valence-electron chi connectivity index (χ4n) is 0.945. The van der Waals surface area contributed by atoms with Gasteiger partial charge in [0.2, 0.25) is 10.0 Å². The van der Waals surface area contributed by atoms with Gasteiger partial charge in [-0.25, -0.2) is 13.1 Å². The summed E-state index contributed by atoms with van der Waals surface area (Å²) in [5.41, 5.74) is 0. The zero-order valence-electron chi connectivity index (χ0n) is 7.87. The third-order valence-corrected chi connectivity index (χ3v) is 4.94. The van der Waals surface area contributed by atoms with Crippen molar-refractivity contribution < 1.29 is 8.42 Å². The van der Waals surface area contributed by atoms with Crippen molar-refractivity contribution in [2.45, 2.75) is 13.0 Å². The van der Waals surface area contributed by atoms with Gasteiger partial charge in [0.25, 0.3) is 0 Å². The van der Waals surface area contributed by atoms with E-state index >= 15 is 0 Å². The van der Waals surface area contributed by atoms with Gasteiger partial charge in [-0.05, 0) is 34.5 Å². The minimum atomic E-state index is -3.18. The molecule has 1 heterocycles. The van der Waals surface area contributed by atoms with E-state index in [2.05, 4.69) is 20.7 Å². The monoisotopic (exact) mass is 331 g/mol. The number of nitrogens with one attached hydrogen (secondary N) is 1. The maximum Gasteiger partial charge on any atom is 0.211 e. The van der Waals surface area contributed by atoms with Gasteiger partial charge >= 0.3 is 0 Å². The van der Waals surface area contributed by atoms with E-state index in [9.17, 15) is 8.42 Å². The first-order valence-corrected chi connectivity index (χ1v) is 8.10. The molecule has 0 atom stereocenters. The van der Waals surface area contributed by atoms with Crippen LogP contribution in [-0.4, -0.2) is 20.1 Å². The highest BCUT2D eigenvalue weighted by molar-refractivity contribution is 9.11. The molecular weight excluding hydrogens is 322 g/mol. The minimum absolute atomic E-state index is 0.0864. The second kappa shape index (κ2) is 6.20. The summed E-state index contributed by atoms with van der Waals surface area (Å²) in [6, 6.07) is 3.78. The van der Waals surface area contributed by atoms with Crippen molar-refractivity contribution in [1.82, 2.24) is 4.72 Å². The van der Waals surface area contributed by atoms with Crippen LogP contribution in [0.3, 0.4) is 0 Å². The molecule has 15 heavy (non-hydrogen) atoms. The van der Waals surface area contributed by atoms with E-state index < -0.39 is 10.0 Å². The molecule has 7 heteroatoms. The molecule has 86 valence electrons. The first-order valence-electron chi connectivity index (χ1n) is 4.31. The van der Waals surface area contributed by atoms with E-state index in [4.69, 9.17) is 11.6 Å². The third-order valence-electron chi connectivity index (χ3n) is 1.64. The molecule has 1 rings (SSSR count).